The lowest BCUT2D eigenvalue weighted by Crippen LogP contribution is -2.13. The second kappa shape index (κ2) is 8.73. The molecule has 1 aliphatic rings. The molecule has 0 bridgehead atoms. The van der Waals surface area contributed by atoms with Gasteiger partial charge in [-0.1, -0.05) is 23.2 Å². The number of nitrogens with zero attached hydrogens (tertiary/aromatic N) is 2. The summed E-state index contributed by atoms with van der Waals surface area (Å²) in [5.41, 5.74) is 8.94. The molecule has 7 nitrogen and oxygen atoms in total. The zero-order valence-corrected chi connectivity index (χ0v) is 17.0. The van der Waals surface area contributed by atoms with Gasteiger partial charge in [0.2, 0.25) is 0 Å². The summed E-state index contributed by atoms with van der Waals surface area (Å²) in [5, 5.41) is 1.71. The summed E-state index contributed by atoms with van der Waals surface area (Å²) in [5.74, 6) is 0.652. The molecule has 0 saturated carbocycles. The Labute approximate surface area is 167 Å². The van der Waals surface area contributed by atoms with E-state index in [2.05, 4.69) is 28.6 Å². The molecule has 9 heteroatoms. The Kier molecular flexibility index (Phi) is 6.86. The van der Waals surface area contributed by atoms with Gasteiger partial charge in [0.15, 0.2) is 6.29 Å². The van der Waals surface area contributed by atoms with Crippen LogP contribution in [0, 0.1) is 0 Å². The van der Waals surface area contributed by atoms with Gasteiger partial charge < -0.3 is 15.2 Å². The van der Waals surface area contributed by atoms with Crippen molar-refractivity contribution in [2.75, 3.05) is 26.5 Å². The number of hydrogen-bond donors (Lipinski definition) is 1. The highest BCUT2D eigenvalue weighted by Crippen LogP contribution is 2.45. The standard InChI is InChI=1S/C14H15Cl2N3O.C4H6O3/c1-6-10-7-4-9(20-3)11(15)12(16)13(7)18-14(17)8(10)5-19(6)2;1-4(6)7-3-2-5/h4,6H,5H2,1-3H3,(H2,17,18);2H,3H2,1H3/t6-;/m0./s1. The highest BCUT2D eigenvalue weighted by molar-refractivity contribution is 6.46. The Balaban J connectivity index is 0.000000321. The van der Waals surface area contributed by atoms with Crippen LogP contribution in [0.4, 0.5) is 5.82 Å². The van der Waals surface area contributed by atoms with E-state index in [4.69, 9.17) is 33.7 Å². The van der Waals surface area contributed by atoms with Gasteiger partial charge in [0.25, 0.3) is 0 Å². The third kappa shape index (κ3) is 4.26. The fourth-order valence-electron chi connectivity index (χ4n) is 2.95. The van der Waals surface area contributed by atoms with Crippen LogP contribution in [0.5, 0.6) is 5.75 Å². The average molecular weight is 414 g/mol. The summed E-state index contributed by atoms with van der Waals surface area (Å²) < 4.78 is 9.48. The molecular formula is C18H21Cl2N3O4. The molecule has 2 aromatic rings. The van der Waals surface area contributed by atoms with Crippen LogP contribution in [0.1, 0.15) is 31.0 Å². The smallest absolute Gasteiger partial charge is 0.303 e. The molecule has 1 aromatic heterocycles. The second-order valence-corrected chi connectivity index (χ2v) is 6.81. The van der Waals surface area contributed by atoms with Crippen molar-refractivity contribution >= 4 is 52.2 Å². The van der Waals surface area contributed by atoms with Crippen LogP contribution in [-0.2, 0) is 20.9 Å². The third-order valence-electron chi connectivity index (χ3n) is 4.37. The fraction of sp³-hybridized carbons (Fsp3) is 0.389. The number of pyridine rings is 1. The molecule has 3 rings (SSSR count). The summed E-state index contributed by atoms with van der Waals surface area (Å²) in [6, 6.07) is 2.14. The third-order valence-corrected chi connectivity index (χ3v) is 5.21. The zero-order chi connectivity index (χ0) is 20.3. The van der Waals surface area contributed by atoms with Crippen LogP contribution < -0.4 is 10.5 Å². The van der Waals surface area contributed by atoms with E-state index in [0.717, 1.165) is 23.1 Å². The zero-order valence-electron chi connectivity index (χ0n) is 15.5. The Hall–Kier alpha value is -2.09. The van der Waals surface area contributed by atoms with E-state index in [0.29, 0.717) is 33.4 Å². The maximum atomic E-state index is 9.82. The lowest BCUT2D eigenvalue weighted by atomic mass is 10.0. The maximum Gasteiger partial charge on any atom is 0.303 e. The lowest BCUT2D eigenvalue weighted by Gasteiger charge is -2.17. The van der Waals surface area contributed by atoms with Gasteiger partial charge >= 0.3 is 5.97 Å². The monoisotopic (exact) mass is 413 g/mol. The van der Waals surface area contributed by atoms with E-state index in [1.54, 1.807) is 7.11 Å². The normalized spacial score (nSPS) is 15.7. The number of esters is 1. The van der Waals surface area contributed by atoms with Crippen molar-refractivity contribution < 1.29 is 19.1 Å². The maximum absolute atomic E-state index is 9.82. The van der Waals surface area contributed by atoms with Gasteiger partial charge in [0.05, 0.1) is 17.6 Å². The first-order chi connectivity index (χ1) is 12.7. The number of aromatic nitrogens is 1. The molecule has 27 heavy (non-hydrogen) atoms. The number of hydrogen-bond acceptors (Lipinski definition) is 7. The van der Waals surface area contributed by atoms with Gasteiger partial charge in [-0.25, -0.2) is 4.98 Å². The number of benzene rings is 1. The SMILES string of the molecule is CC(=O)OCC=O.COc1cc2c3c(c(N)nc2c(Cl)c1Cl)CN(C)[C@H]3C. The molecule has 0 unspecified atom stereocenters. The van der Waals surface area contributed by atoms with Crippen LogP contribution in [0.2, 0.25) is 10.0 Å². The topological polar surface area (TPSA) is 94.8 Å². The molecule has 1 aromatic carbocycles. The molecule has 0 spiro atoms. The summed E-state index contributed by atoms with van der Waals surface area (Å²) >= 11 is 12.5. The van der Waals surface area contributed by atoms with Crippen molar-refractivity contribution in [2.45, 2.75) is 26.4 Å². The molecule has 1 atom stereocenters. The molecule has 0 fully saturated rings. The summed E-state index contributed by atoms with van der Waals surface area (Å²) in [4.78, 5) is 25.9. The Morgan fingerprint density at radius 1 is 1.44 bits per heavy atom. The molecule has 0 saturated heterocycles. The minimum absolute atomic E-state index is 0.130. The van der Waals surface area contributed by atoms with Crippen LogP contribution in [0.15, 0.2) is 6.07 Å². The van der Waals surface area contributed by atoms with Crippen molar-refractivity contribution in [3.8, 4) is 5.75 Å². The van der Waals surface area contributed by atoms with Crippen LogP contribution in [0.25, 0.3) is 10.9 Å². The predicted molar refractivity (Wildman–Crippen MR) is 105 cm³/mol. The highest BCUT2D eigenvalue weighted by Gasteiger charge is 2.30. The number of halogens is 2. The van der Waals surface area contributed by atoms with E-state index in [1.807, 2.05) is 6.07 Å². The molecule has 0 radical (unpaired) electrons. The summed E-state index contributed by atoms with van der Waals surface area (Å²) in [6.07, 6.45) is 0.529. The molecule has 1 aliphatic heterocycles. The van der Waals surface area contributed by atoms with E-state index in [-0.39, 0.29) is 12.6 Å². The van der Waals surface area contributed by atoms with Crippen molar-refractivity contribution in [3.63, 3.8) is 0 Å². The van der Waals surface area contributed by atoms with Crippen molar-refractivity contribution in [1.82, 2.24) is 9.88 Å². The molecule has 2 heterocycles. The number of carbonyl (C=O) groups excluding carboxylic acids is 2. The number of carbonyl (C=O) groups is 2. The van der Waals surface area contributed by atoms with Crippen LogP contribution >= 0.6 is 23.2 Å². The lowest BCUT2D eigenvalue weighted by molar-refractivity contribution is -0.143. The van der Waals surface area contributed by atoms with Crippen molar-refractivity contribution in [2.24, 2.45) is 0 Å². The van der Waals surface area contributed by atoms with Gasteiger partial charge in [-0.05, 0) is 25.6 Å². The van der Waals surface area contributed by atoms with Crippen molar-refractivity contribution in [1.29, 1.82) is 0 Å². The number of nitrogen functional groups attached to an aromatic ring is 1. The average Bonchev–Trinajstić information content (AvgIpc) is 2.93. The molecule has 0 aliphatic carbocycles. The largest absolute Gasteiger partial charge is 0.495 e. The van der Waals surface area contributed by atoms with Gasteiger partial charge in [0, 0.05) is 30.5 Å². The van der Waals surface area contributed by atoms with Gasteiger partial charge in [-0.2, -0.15) is 0 Å². The quantitative estimate of drug-likeness (QED) is 0.608. The Morgan fingerprint density at radius 2 is 2.11 bits per heavy atom. The first kappa shape index (κ1) is 21.2. The summed E-state index contributed by atoms with van der Waals surface area (Å²) in [6.45, 7) is 4.05. The fourth-order valence-corrected chi connectivity index (χ4v) is 3.40. The first-order valence-electron chi connectivity index (χ1n) is 8.14. The van der Waals surface area contributed by atoms with Crippen LogP contribution in [0.3, 0.4) is 0 Å². The Morgan fingerprint density at radius 3 is 2.63 bits per heavy atom. The number of ether oxygens (including phenoxy) is 2. The minimum atomic E-state index is -0.424. The van der Waals surface area contributed by atoms with Gasteiger partial charge in [-0.15, -0.1) is 0 Å². The second-order valence-electron chi connectivity index (χ2n) is 6.05. The predicted octanol–water partition coefficient (Wildman–Crippen LogP) is 3.39. The molecular weight excluding hydrogens is 393 g/mol. The molecule has 146 valence electrons. The number of nitrogens with two attached hydrogens (primary N) is 1. The number of anilines is 1. The number of rotatable bonds is 3. The van der Waals surface area contributed by atoms with Crippen LogP contribution in [-0.4, -0.2) is 42.9 Å². The minimum Gasteiger partial charge on any atom is -0.495 e. The van der Waals surface area contributed by atoms with Crippen molar-refractivity contribution in [3.05, 3.63) is 27.2 Å². The molecule has 2 N–H and O–H groups in total. The number of methoxy groups -OCH3 is 1. The van der Waals surface area contributed by atoms with Gasteiger partial charge in [0.1, 0.15) is 23.2 Å². The highest BCUT2D eigenvalue weighted by atomic mass is 35.5. The number of aldehydes is 1. The number of fused-ring (bicyclic) bond motifs is 3. The van der Waals surface area contributed by atoms with Gasteiger partial charge in [-0.3, -0.25) is 14.5 Å². The van der Waals surface area contributed by atoms with E-state index >= 15 is 0 Å². The van der Waals surface area contributed by atoms with E-state index in [1.165, 1.54) is 6.92 Å². The summed E-state index contributed by atoms with van der Waals surface area (Å²) in [7, 11) is 3.63. The van der Waals surface area contributed by atoms with E-state index < -0.39 is 5.97 Å². The first-order valence-corrected chi connectivity index (χ1v) is 8.89. The molecule has 0 amide bonds. The Bertz CT molecular complexity index is 889. The van der Waals surface area contributed by atoms with E-state index in [9.17, 15) is 9.59 Å².